The van der Waals surface area contributed by atoms with Crippen LogP contribution in [0.3, 0.4) is 0 Å². The van der Waals surface area contributed by atoms with Crippen LogP contribution in [-0.4, -0.2) is 55.1 Å². The smallest absolute Gasteiger partial charge is 0.243 e. The molecule has 1 N–H and O–H groups in total. The number of halogens is 1. The van der Waals surface area contributed by atoms with Gasteiger partial charge in [0.25, 0.3) is 0 Å². The highest BCUT2D eigenvalue weighted by Crippen LogP contribution is 2.22. The molecule has 0 aliphatic heterocycles. The molecule has 0 saturated carbocycles. The Kier molecular flexibility index (Phi) is 9.70. The fraction of sp³-hybridized carbons (Fsp3) is 0.357. The number of carbonyl (C=O) groups excluding carboxylic acids is 2. The maximum Gasteiger partial charge on any atom is 0.243 e. The quantitative estimate of drug-likeness (QED) is 0.375. The molecule has 0 aromatic heterocycles. The number of nitrogens with one attached hydrogen (secondary N) is 1. The van der Waals surface area contributed by atoms with Gasteiger partial charge in [0.1, 0.15) is 6.04 Å². The fourth-order valence-corrected chi connectivity index (χ4v) is 5.30. The molecule has 198 valence electrons. The normalized spacial score (nSPS) is 13.4. The van der Waals surface area contributed by atoms with Crippen molar-refractivity contribution in [2.45, 2.75) is 57.1 Å². The van der Waals surface area contributed by atoms with E-state index in [4.69, 9.17) is 11.6 Å². The Balaban J connectivity index is 1.88. The average molecular weight is 544 g/mol. The summed E-state index contributed by atoms with van der Waals surface area (Å²) in [4.78, 5) is 28.2. The van der Waals surface area contributed by atoms with E-state index >= 15 is 0 Å². The molecule has 7 nitrogen and oxygen atoms in total. The summed E-state index contributed by atoms with van der Waals surface area (Å²) < 4.78 is 27.7. The highest BCUT2D eigenvalue weighted by Gasteiger charge is 2.32. The number of benzene rings is 3. The monoisotopic (exact) mass is 543 g/mol. The van der Waals surface area contributed by atoms with E-state index in [0.717, 1.165) is 27.1 Å². The number of rotatable bonds is 11. The summed E-state index contributed by atoms with van der Waals surface area (Å²) in [6.45, 7) is 5.44. The molecule has 0 radical (unpaired) electrons. The number of nitrogens with zero attached hydrogens (tertiary/aromatic N) is 2. The highest BCUT2D eigenvalue weighted by atomic mass is 35.5. The van der Waals surface area contributed by atoms with Crippen LogP contribution in [0.25, 0.3) is 10.8 Å². The van der Waals surface area contributed by atoms with Crippen LogP contribution in [0.2, 0.25) is 5.02 Å². The van der Waals surface area contributed by atoms with Crippen LogP contribution in [0.1, 0.15) is 39.2 Å². The van der Waals surface area contributed by atoms with Gasteiger partial charge in [-0.1, -0.05) is 67.9 Å². The largest absolute Gasteiger partial charge is 0.352 e. The van der Waals surface area contributed by atoms with E-state index < -0.39 is 28.5 Å². The van der Waals surface area contributed by atoms with Gasteiger partial charge < -0.3 is 10.2 Å². The number of hydrogen-bond acceptors (Lipinski definition) is 4. The fourth-order valence-electron chi connectivity index (χ4n) is 4.02. The lowest BCUT2D eigenvalue weighted by Gasteiger charge is -2.32. The molecular weight excluding hydrogens is 510 g/mol. The molecule has 0 fully saturated rings. The molecule has 0 heterocycles. The molecule has 3 aromatic carbocycles. The Morgan fingerprint density at radius 2 is 1.59 bits per heavy atom. The SMILES string of the molecule is CC[C@H](C(=O)N[C@@H](C)CC)N(Cc1ccc(Cl)cc1)C(=O)CN(C)S(=O)(=O)c1ccc2ccccc2c1. The van der Waals surface area contributed by atoms with Gasteiger partial charge in [-0.2, -0.15) is 4.31 Å². The van der Waals surface area contributed by atoms with E-state index in [0.29, 0.717) is 11.4 Å². The van der Waals surface area contributed by atoms with Gasteiger partial charge in [-0.25, -0.2) is 8.42 Å². The Bertz CT molecular complexity index is 1350. The van der Waals surface area contributed by atoms with Gasteiger partial charge in [-0.3, -0.25) is 9.59 Å². The Hall–Kier alpha value is -2.94. The lowest BCUT2D eigenvalue weighted by atomic mass is 10.1. The Labute approximate surface area is 224 Å². The number of amides is 2. The van der Waals surface area contributed by atoms with Crippen LogP contribution < -0.4 is 5.32 Å². The molecule has 0 unspecified atom stereocenters. The molecule has 9 heteroatoms. The summed E-state index contributed by atoms with van der Waals surface area (Å²) in [6, 6.07) is 18.6. The van der Waals surface area contributed by atoms with E-state index in [1.54, 1.807) is 42.5 Å². The first-order valence-electron chi connectivity index (χ1n) is 12.4. The van der Waals surface area contributed by atoms with Crippen molar-refractivity contribution in [2.75, 3.05) is 13.6 Å². The molecular formula is C28H34ClN3O4S. The van der Waals surface area contributed by atoms with Crippen molar-refractivity contribution >= 4 is 44.2 Å². The molecule has 3 aromatic rings. The van der Waals surface area contributed by atoms with Gasteiger partial charge in [0.2, 0.25) is 21.8 Å². The van der Waals surface area contributed by atoms with Gasteiger partial charge in [0, 0.05) is 24.7 Å². The minimum Gasteiger partial charge on any atom is -0.352 e. The lowest BCUT2D eigenvalue weighted by Crippen LogP contribution is -2.53. The molecule has 0 aliphatic carbocycles. The van der Waals surface area contributed by atoms with Crippen molar-refractivity contribution in [3.05, 3.63) is 77.3 Å². The van der Waals surface area contributed by atoms with Crippen molar-refractivity contribution in [2.24, 2.45) is 0 Å². The molecule has 0 bridgehead atoms. The van der Waals surface area contributed by atoms with Gasteiger partial charge in [-0.15, -0.1) is 0 Å². The maximum absolute atomic E-state index is 13.6. The van der Waals surface area contributed by atoms with Gasteiger partial charge in [-0.05, 0) is 60.4 Å². The summed E-state index contributed by atoms with van der Waals surface area (Å²) in [5, 5.41) is 5.23. The molecule has 0 saturated heterocycles. The van der Waals surface area contributed by atoms with Gasteiger partial charge in [0.05, 0.1) is 11.4 Å². The maximum atomic E-state index is 13.6. The second kappa shape index (κ2) is 12.5. The van der Waals surface area contributed by atoms with E-state index in [1.165, 1.54) is 11.9 Å². The second-order valence-electron chi connectivity index (χ2n) is 9.16. The number of hydrogen-bond donors (Lipinski definition) is 1. The minimum absolute atomic E-state index is 0.0509. The summed E-state index contributed by atoms with van der Waals surface area (Å²) in [5.74, 6) is -0.729. The van der Waals surface area contributed by atoms with Crippen molar-refractivity contribution < 1.29 is 18.0 Å². The first kappa shape index (κ1) is 28.6. The van der Waals surface area contributed by atoms with Crippen LogP contribution in [0, 0.1) is 0 Å². The lowest BCUT2D eigenvalue weighted by molar-refractivity contribution is -0.141. The summed E-state index contributed by atoms with van der Waals surface area (Å²) in [5.41, 5.74) is 0.785. The molecule has 2 amide bonds. The molecule has 3 rings (SSSR count). The van der Waals surface area contributed by atoms with Gasteiger partial charge in [0.15, 0.2) is 0 Å². The Morgan fingerprint density at radius 1 is 0.946 bits per heavy atom. The number of carbonyl (C=O) groups is 2. The van der Waals surface area contributed by atoms with Crippen LogP contribution in [0.4, 0.5) is 0 Å². The average Bonchev–Trinajstić information content (AvgIpc) is 2.89. The highest BCUT2D eigenvalue weighted by molar-refractivity contribution is 7.89. The van der Waals surface area contributed by atoms with E-state index in [1.807, 2.05) is 45.0 Å². The third kappa shape index (κ3) is 7.09. The number of fused-ring (bicyclic) bond motifs is 1. The minimum atomic E-state index is -3.95. The third-order valence-electron chi connectivity index (χ3n) is 6.44. The zero-order chi connectivity index (χ0) is 27.2. The molecule has 37 heavy (non-hydrogen) atoms. The zero-order valence-electron chi connectivity index (χ0n) is 21.6. The number of likely N-dealkylation sites (N-methyl/N-ethyl adjacent to an activating group) is 1. The molecule has 2 atom stereocenters. The first-order chi connectivity index (χ1) is 17.6. The van der Waals surface area contributed by atoms with Crippen LogP contribution >= 0.6 is 11.6 Å². The predicted octanol–water partition coefficient (Wildman–Crippen LogP) is 4.84. The standard InChI is InChI=1S/C28H34ClN3O4S/c1-5-20(3)30-28(34)26(6-2)32(18-21-11-14-24(29)15-12-21)27(33)19-31(4)37(35,36)25-16-13-22-9-7-8-10-23(22)17-25/h7-17,20,26H,5-6,18-19H2,1-4H3,(H,30,34)/t20-,26+/m0/s1. The summed E-state index contributed by atoms with van der Waals surface area (Å²) in [6.07, 6.45) is 1.13. The molecule has 0 spiro atoms. The van der Waals surface area contributed by atoms with Crippen LogP contribution in [-0.2, 0) is 26.2 Å². The van der Waals surface area contributed by atoms with Crippen molar-refractivity contribution in [1.82, 2.24) is 14.5 Å². The zero-order valence-corrected chi connectivity index (χ0v) is 23.2. The van der Waals surface area contributed by atoms with Crippen LogP contribution in [0.15, 0.2) is 71.6 Å². The second-order valence-corrected chi connectivity index (χ2v) is 11.6. The van der Waals surface area contributed by atoms with E-state index in [9.17, 15) is 18.0 Å². The summed E-state index contributed by atoms with van der Waals surface area (Å²) in [7, 11) is -2.57. The number of sulfonamides is 1. The summed E-state index contributed by atoms with van der Waals surface area (Å²) >= 11 is 6.02. The van der Waals surface area contributed by atoms with Crippen molar-refractivity contribution in [3.8, 4) is 0 Å². The topological polar surface area (TPSA) is 86.8 Å². The molecule has 0 aliphatic rings. The van der Waals surface area contributed by atoms with Crippen molar-refractivity contribution in [3.63, 3.8) is 0 Å². The van der Waals surface area contributed by atoms with Crippen LogP contribution in [0.5, 0.6) is 0 Å². The van der Waals surface area contributed by atoms with Gasteiger partial charge >= 0.3 is 0 Å². The third-order valence-corrected chi connectivity index (χ3v) is 8.49. The van der Waals surface area contributed by atoms with Crippen molar-refractivity contribution in [1.29, 1.82) is 0 Å². The van der Waals surface area contributed by atoms with E-state index in [2.05, 4.69) is 5.32 Å². The predicted molar refractivity (Wildman–Crippen MR) is 148 cm³/mol. The van der Waals surface area contributed by atoms with E-state index in [-0.39, 0.29) is 23.4 Å². The Morgan fingerprint density at radius 3 is 2.22 bits per heavy atom. The first-order valence-corrected chi connectivity index (χ1v) is 14.2.